The van der Waals surface area contributed by atoms with E-state index in [9.17, 15) is 4.79 Å². The summed E-state index contributed by atoms with van der Waals surface area (Å²) in [5.74, 6) is 0.652. The highest BCUT2D eigenvalue weighted by Crippen LogP contribution is 2.25. The van der Waals surface area contributed by atoms with Gasteiger partial charge in [-0.1, -0.05) is 30.3 Å². The highest BCUT2D eigenvalue weighted by atomic mass is 32.2. The molecule has 1 aliphatic heterocycles. The first-order valence-electron chi connectivity index (χ1n) is 8.37. The first-order chi connectivity index (χ1) is 11.7. The number of benzene rings is 2. The van der Waals surface area contributed by atoms with Crippen molar-refractivity contribution in [2.75, 3.05) is 37.8 Å². The van der Waals surface area contributed by atoms with E-state index in [1.165, 1.54) is 5.69 Å². The third kappa shape index (κ3) is 3.75. The lowest BCUT2D eigenvalue weighted by Gasteiger charge is -2.23. The predicted molar refractivity (Wildman–Crippen MR) is 102 cm³/mol. The Morgan fingerprint density at radius 2 is 1.88 bits per heavy atom. The minimum Gasteiger partial charge on any atom is -0.371 e. The van der Waals surface area contributed by atoms with Gasteiger partial charge in [-0.25, -0.2) is 0 Å². The number of anilines is 1. The van der Waals surface area contributed by atoms with Gasteiger partial charge in [-0.15, -0.1) is 11.8 Å². The molecule has 0 saturated carbocycles. The smallest absolute Gasteiger partial charge is 0.254 e. The number of carbonyl (C=O) groups is 1. The van der Waals surface area contributed by atoms with Crippen LogP contribution in [0.2, 0.25) is 0 Å². The second-order valence-electron chi connectivity index (χ2n) is 6.32. The molecule has 0 N–H and O–H groups in total. The van der Waals surface area contributed by atoms with Gasteiger partial charge in [0.1, 0.15) is 0 Å². The Hall–Kier alpha value is -1.94. The van der Waals surface area contributed by atoms with Crippen molar-refractivity contribution in [1.82, 2.24) is 4.90 Å². The Labute approximate surface area is 148 Å². The topological polar surface area (TPSA) is 23.6 Å². The molecule has 1 fully saturated rings. The van der Waals surface area contributed by atoms with Gasteiger partial charge in [0.05, 0.1) is 5.56 Å². The molecule has 1 saturated heterocycles. The molecule has 2 aromatic rings. The van der Waals surface area contributed by atoms with Crippen LogP contribution in [-0.4, -0.2) is 43.7 Å². The van der Waals surface area contributed by atoms with Crippen molar-refractivity contribution in [1.29, 1.82) is 0 Å². The van der Waals surface area contributed by atoms with E-state index in [2.05, 4.69) is 29.2 Å². The van der Waals surface area contributed by atoms with E-state index >= 15 is 0 Å². The fraction of sp³-hybridized carbons (Fsp3) is 0.350. The zero-order valence-electron chi connectivity index (χ0n) is 14.3. The number of nitrogens with zero attached hydrogens (tertiary/aromatic N) is 2. The second-order valence-corrected chi connectivity index (χ2v) is 7.17. The Balaban J connectivity index is 1.61. The third-order valence-electron chi connectivity index (χ3n) is 4.62. The summed E-state index contributed by atoms with van der Waals surface area (Å²) in [5.41, 5.74) is 2.09. The lowest BCUT2D eigenvalue weighted by molar-refractivity contribution is 0.0773. The molecular weight excluding hydrogens is 316 g/mol. The quantitative estimate of drug-likeness (QED) is 0.769. The summed E-state index contributed by atoms with van der Waals surface area (Å²) in [5, 5.41) is 0. The van der Waals surface area contributed by atoms with E-state index in [1.54, 1.807) is 11.8 Å². The summed E-state index contributed by atoms with van der Waals surface area (Å²) < 4.78 is 0. The fourth-order valence-electron chi connectivity index (χ4n) is 3.35. The van der Waals surface area contributed by atoms with Gasteiger partial charge in [0.2, 0.25) is 0 Å². The lowest BCUT2D eigenvalue weighted by Crippen LogP contribution is -2.33. The van der Waals surface area contributed by atoms with Crippen LogP contribution in [0, 0.1) is 5.92 Å². The highest BCUT2D eigenvalue weighted by Gasteiger charge is 2.26. The largest absolute Gasteiger partial charge is 0.371 e. The highest BCUT2D eigenvalue weighted by molar-refractivity contribution is 7.98. The monoisotopic (exact) mass is 340 g/mol. The van der Waals surface area contributed by atoms with Crippen LogP contribution in [0.4, 0.5) is 5.69 Å². The molecule has 0 bridgehead atoms. The molecule has 4 heteroatoms. The lowest BCUT2D eigenvalue weighted by atomic mass is 10.1. The number of thioether (sulfide) groups is 1. The van der Waals surface area contributed by atoms with Gasteiger partial charge in [-0.05, 0) is 42.9 Å². The van der Waals surface area contributed by atoms with Crippen LogP contribution in [0.5, 0.6) is 0 Å². The Bertz CT molecular complexity index is 689. The van der Waals surface area contributed by atoms with Crippen LogP contribution in [0.25, 0.3) is 0 Å². The van der Waals surface area contributed by atoms with Gasteiger partial charge in [0.25, 0.3) is 5.91 Å². The fourth-order valence-corrected chi connectivity index (χ4v) is 3.94. The summed E-state index contributed by atoms with van der Waals surface area (Å²) in [6.07, 6.45) is 3.15. The summed E-state index contributed by atoms with van der Waals surface area (Å²) in [6, 6.07) is 18.4. The minimum absolute atomic E-state index is 0.123. The van der Waals surface area contributed by atoms with Gasteiger partial charge in [0.15, 0.2) is 0 Å². The van der Waals surface area contributed by atoms with Crippen molar-refractivity contribution >= 4 is 23.4 Å². The number of rotatable bonds is 5. The third-order valence-corrected chi connectivity index (χ3v) is 5.42. The maximum Gasteiger partial charge on any atom is 0.254 e. The average Bonchev–Trinajstić information content (AvgIpc) is 3.10. The molecule has 0 aliphatic carbocycles. The molecule has 2 aromatic carbocycles. The molecule has 1 amide bonds. The minimum atomic E-state index is 0.123. The summed E-state index contributed by atoms with van der Waals surface area (Å²) in [7, 11) is 1.92. The summed E-state index contributed by atoms with van der Waals surface area (Å²) in [6.45, 7) is 2.90. The van der Waals surface area contributed by atoms with E-state index in [1.807, 2.05) is 48.5 Å². The molecule has 3 rings (SSSR count). The molecule has 126 valence electrons. The van der Waals surface area contributed by atoms with E-state index in [-0.39, 0.29) is 5.91 Å². The van der Waals surface area contributed by atoms with Gasteiger partial charge >= 0.3 is 0 Å². The van der Waals surface area contributed by atoms with Crippen molar-refractivity contribution in [2.24, 2.45) is 5.92 Å². The van der Waals surface area contributed by atoms with Crippen LogP contribution in [0.3, 0.4) is 0 Å². The van der Waals surface area contributed by atoms with Crippen LogP contribution in [0.1, 0.15) is 16.8 Å². The molecule has 0 unspecified atom stereocenters. The molecule has 0 spiro atoms. The number of amides is 1. The van der Waals surface area contributed by atoms with Crippen molar-refractivity contribution in [3.05, 3.63) is 60.2 Å². The van der Waals surface area contributed by atoms with Gasteiger partial charge in [-0.2, -0.15) is 0 Å². The Kier molecular flexibility index (Phi) is 5.46. The maximum atomic E-state index is 12.8. The Morgan fingerprint density at radius 3 is 2.62 bits per heavy atom. The molecule has 1 atom stereocenters. The number of hydrogen-bond donors (Lipinski definition) is 0. The van der Waals surface area contributed by atoms with E-state index < -0.39 is 0 Å². The molecule has 0 aromatic heterocycles. The maximum absolute atomic E-state index is 12.8. The van der Waals surface area contributed by atoms with Gasteiger partial charge < -0.3 is 9.80 Å². The molecule has 1 heterocycles. The van der Waals surface area contributed by atoms with Crippen molar-refractivity contribution in [2.45, 2.75) is 11.3 Å². The van der Waals surface area contributed by atoms with Crippen molar-refractivity contribution in [3.8, 4) is 0 Å². The second kappa shape index (κ2) is 7.75. The Morgan fingerprint density at radius 1 is 1.17 bits per heavy atom. The van der Waals surface area contributed by atoms with Crippen LogP contribution in [-0.2, 0) is 0 Å². The zero-order valence-corrected chi connectivity index (χ0v) is 15.1. The van der Waals surface area contributed by atoms with Crippen molar-refractivity contribution in [3.63, 3.8) is 0 Å². The average molecular weight is 340 g/mol. The van der Waals surface area contributed by atoms with Crippen LogP contribution < -0.4 is 4.90 Å². The predicted octanol–water partition coefficient (Wildman–Crippen LogP) is 4.01. The van der Waals surface area contributed by atoms with E-state index in [4.69, 9.17) is 0 Å². The molecule has 3 nitrogen and oxygen atoms in total. The van der Waals surface area contributed by atoms with Crippen molar-refractivity contribution < 1.29 is 4.79 Å². The number of hydrogen-bond acceptors (Lipinski definition) is 3. The summed E-state index contributed by atoms with van der Waals surface area (Å²) >= 11 is 1.63. The normalized spacial score (nSPS) is 17.1. The molecule has 0 radical (unpaired) electrons. The zero-order chi connectivity index (χ0) is 16.9. The standard InChI is InChI=1S/C20H24N2OS/c1-21(20(23)18-10-6-7-11-19(18)24-2)14-16-12-13-22(15-16)17-8-4-3-5-9-17/h3-11,16H,12-15H2,1-2H3/t16-/m0/s1. The van der Waals surface area contributed by atoms with E-state index in [0.717, 1.165) is 36.5 Å². The summed E-state index contributed by atoms with van der Waals surface area (Å²) in [4.78, 5) is 18.1. The van der Waals surface area contributed by atoms with E-state index in [0.29, 0.717) is 5.92 Å². The molecule has 24 heavy (non-hydrogen) atoms. The number of para-hydroxylation sites is 1. The van der Waals surface area contributed by atoms with Gasteiger partial charge in [-0.3, -0.25) is 4.79 Å². The van der Waals surface area contributed by atoms with Crippen LogP contribution in [0.15, 0.2) is 59.5 Å². The first kappa shape index (κ1) is 16.9. The molecular formula is C20H24N2OS. The first-order valence-corrected chi connectivity index (χ1v) is 9.60. The van der Waals surface area contributed by atoms with Crippen LogP contribution >= 0.6 is 11.8 Å². The number of carbonyl (C=O) groups excluding carboxylic acids is 1. The van der Waals surface area contributed by atoms with Gasteiger partial charge in [0, 0.05) is 37.3 Å². The SMILES string of the molecule is CSc1ccccc1C(=O)N(C)C[C@@H]1CCN(c2ccccc2)C1. The molecule has 1 aliphatic rings.